The van der Waals surface area contributed by atoms with Gasteiger partial charge in [0.25, 0.3) is 5.91 Å². The van der Waals surface area contributed by atoms with Crippen LogP contribution in [-0.4, -0.2) is 31.4 Å². The zero-order valence-electron chi connectivity index (χ0n) is 16.1. The third kappa shape index (κ3) is 5.37. The maximum absolute atomic E-state index is 13.9. The van der Waals surface area contributed by atoms with Crippen molar-refractivity contribution in [1.82, 2.24) is 0 Å². The molecule has 1 unspecified atom stereocenters. The fourth-order valence-electron chi connectivity index (χ4n) is 2.92. The van der Waals surface area contributed by atoms with Gasteiger partial charge < -0.3 is 15.0 Å². The Hall–Kier alpha value is -2.73. The van der Waals surface area contributed by atoms with Gasteiger partial charge in [-0.15, -0.1) is 0 Å². The molecule has 0 aliphatic heterocycles. The Bertz CT molecular complexity index is 823. The van der Waals surface area contributed by atoms with Crippen LogP contribution in [0.1, 0.15) is 36.7 Å². The van der Waals surface area contributed by atoms with E-state index in [0.717, 1.165) is 10.5 Å². The molecule has 0 heterocycles. The average Bonchev–Trinajstić information content (AvgIpc) is 2.65. The number of benzene rings is 2. The normalized spacial score (nSPS) is 12.9. The highest BCUT2D eigenvalue weighted by Gasteiger charge is 2.24. The summed E-state index contributed by atoms with van der Waals surface area (Å²) in [7, 11) is 1.43. The van der Waals surface area contributed by atoms with E-state index in [4.69, 9.17) is 4.74 Å². The molecule has 0 spiro atoms. The Balaban J connectivity index is 2.08. The van der Waals surface area contributed by atoms with Crippen LogP contribution in [0.2, 0.25) is 0 Å². The molecule has 0 fully saturated rings. The van der Waals surface area contributed by atoms with Crippen LogP contribution in [0.15, 0.2) is 42.5 Å². The van der Waals surface area contributed by atoms with Crippen LogP contribution in [0, 0.1) is 5.82 Å². The van der Waals surface area contributed by atoms with E-state index in [2.05, 4.69) is 5.32 Å². The molecule has 0 saturated carbocycles. The van der Waals surface area contributed by atoms with E-state index in [0.29, 0.717) is 24.3 Å². The molecule has 2 aromatic carbocycles. The quantitative estimate of drug-likeness (QED) is 0.699. The number of carbonyl (C=O) groups is 2. The summed E-state index contributed by atoms with van der Waals surface area (Å²) in [4.78, 5) is 25.1. The van der Waals surface area contributed by atoms with E-state index in [1.165, 1.54) is 20.1 Å². The average molecular weight is 373 g/mol. The lowest BCUT2D eigenvalue weighted by Crippen LogP contribution is -3.15. The van der Waals surface area contributed by atoms with Gasteiger partial charge >= 0.3 is 0 Å². The number of ether oxygens (including phenoxy) is 1. The summed E-state index contributed by atoms with van der Waals surface area (Å²) in [5.41, 5.74) is 1.93. The lowest BCUT2D eigenvalue weighted by atomic mass is 10.1. The van der Waals surface area contributed by atoms with Gasteiger partial charge in [0.15, 0.2) is 23.4 Å². The molecule has 0 saturated heterocycles. The molecule has 6 heteroatoms. The van der Waals surface area contributed by atoms with E-state index in [1.54, 1.807) is 36.4 Å². The highest BCUT2D eigenvalue weighted by atomic mass is 19.1. The van der Waals surface area contributed by atoms with Crippen LogP contribution >= 0.6 is 0 Å². The summed E-state index contributed by atoms with van der Waals surface area (Å²) >= 11 is 0. The number of rotatable bonds is 8. The van der Waals surface area contributed by atoms with Crippen molar-refractivity contribution < 1.29 is 23.6 Å². The van der Waals surface area contributed by atoms with Crippen LogP contribution in [0.3, 0.4) is 0 Å². The third-order valence-corrected chi connectivity index (χ3v) is 4.64. The van der Waals surface area contributed by atoms with Crippen LogP contribution in [-0.2, 0) is 11.3 Å². The van der Waals surface area contributed by atoms with Crippen molar-refractivity contribution in [3.8, 4) is 5.75 Å². The van der Waals surface area contributed by atoms with Gasteiger partial charge in [0.1, 0.15) is 6.54 Å². The van der Waals surface area contributed by atoms with Crippen LogP contribution < -0.4 is 15.0 Å². The van der Waals surface area contributed by atoms with Crippen molar-refractivity contribution in [2.24, 2.45) is 0 Å². The van der Waals surface area contributed by atoms with E-state index in [9.17, 15) is 14.0 Å². The number of nitrogens with one attached hydrogen (secondary N) is 2. The number of amides is 1. The zero-order chi connectivity index (χ0) is 20.0. The highest BCUT2D eigenvalue weighted by molar-refractivity contribution is 5.97. The topological polar surface area (TPSA) is 59.8 Å². The molecule has 0 aliphatic rings. The largest absolute Gasteiger partial charge is 0.494 e. The van der Waals surface area contributed by atoms with Crippen LogP contribution in [0.4, 0.5) is 10.1 Å². The van der Waals surface area contributed by atoms with E-state index in [-0.39, 0.29) is 23.5 Å². The molecule has 144 valence electrons. The first-order chi connectivity index (χ1) is 12.8. The number of likely N-dealkylation sites (N-methyl/N-ethyl adjacent to an activating group) is 1. The molecule has 5 nitrogen and oxygen atoms in total. The smallest absolute Gasteiger partial charge is 0.282 e. The van der Waals surface area contributed by atoms with Crippen molar-refractivity contribution in [2.75, 3.05) is 19.0 Å². The number of hydrogen-bond donors (Lipinski definition) is 2. The SMILES string of the molecule is CC[NH+](Cc1ccc(OC)c(F)c1)[C@H](C)C(=O)Nc1cccc(C(C)=O)c1. The fraction of sp³-hybridized carbons (Fsp3) is 0.333. The maximum Gasteiger partial charge on any atom is 0.282 e. The summed E-state index contributed by atoms with van der Waals surface area (Å²) in [5, 5.41) is 2.86. The van der Waals surface area contributed by atoms with E-state index in [1.807, 2.05) is 13.8 Å². The van der Waals surface area contributed by atoms with Gasteiger partial charge in [-0.3, -0.25) is 9.59 Å². The standard InChI is InChI=1S/C21H25FN2O3/c1-5-24(13-16-9-10-20(27-4)19(22)11-16)14(2)21(26)23-18-8-6-7-17(12-18)15(3)25/h6-12,14H,5,13H2,1-4H3,(H,23,26)/p+1/t14-/m1/s1. The molecule has 0 aromatic heterocycles. The zero-order valence-corrected chi connectivity index (χ0v) is 16.1. The van der Waals surface area contributed by atoms with Gasteiger partial charge in [-0.05, 0) is 51.1 Å². The Morgan fingerprint density at radius 2 is 1.96 bits per heavy atom. The maximum atomic E-state index is 13.9. The number of ketones is 1. The highest BCUT2D eigenvalue weighted by Crippen LogP contribution is 2.17. The van der Waals surface area contributed by atoms with Crippen molar-refractivity contribution >= 4 is 17.4 Å². The molecule has 0 bridgehead atoms. The number of carbonyl (C=O) groups excluding carboxylic acids is 2. The number of methoxy groups -OCH3 is 1. The van der Waals surface area contributed by atoms with Crippen molar-refractivity contribution in [3.63, 3.8) is 0 Å². The first-order valence-electron chi connectivity index (χ1n) is 8.94. The Kier molecular flexibility index (Phi) is 7.07. The monoisotopic (exact) mass is 373 g/mol. The molecular weight excluding hydrogens is 347 g/mol. The molecule has 27 heavy (non-hydrogen) atoms. The molecule has 2 atom stereocenters. The van der Waals surface area contributed by atoms with Gasteiger partial charge in [-0.2, -0.15) is 0 Å². The van der Waals surface area contributed by atoms with Gasteiger partial charge in [0.05, 0.1) is 13.7 Å². The molecule has 0 radical (unpaired) electrons. The van der Waals surface area contributed by atoms with Gasteiger partial charge in [0, 0.05) is 16.8 Å². The van der Waals surface area contributed by atoms with E-state index >= 15 is 0 Å². The minimum Gasteiger partial charge on any atom is -0.494 e. The summed E-state index contributed by atoms with van der Waals surface area (Å²) in [6, 6.07) is 11.4. The van der Waals surface area contributed by atoms with Crippen molar-refractivity contribution in [1.29, 1.82) is 0 Å². The van der Waals surface area contributed by atoms with Crippen molar-refractivity contribution in [2.45, 2.75) is 33.4 Å². The summed E-state index contributed by atoms with van der Waals surface area (Å²) in [5.74, 6) is -0.417. The Morgan fingerprint density at radius 3 is 2.56 bits per heavy atom. The molecule has 1 amide bonds. The predicted octanol–water partition coefficient (Wildman–Crippen LogP) is 2.47. The Morgan fingerprint density at radius 1 is 1.22 bits per heavy atom. The van der Waals surface area contributed by atoms with Crippen LogP contribution in [0.5, 0.6) is 5.75 Å². The lowest BCUT2D eigenvalue weighted by molar-refractivity contribution is -0.925. The number of quaternary nitrogens is 1. The molecule has 2 N–H and O–H groups in total. The first kappa shape index (κ1) is 20.6. The van der Waals surface area contributed by atoms with Crippen LogP contribution in [0.25, 0.3) is 0 Å². The minimum absolute atomic E-state index is 0.0542. The molecule has 2 rings (SSSR count). The van der Waals surface area contributed by atoms with Crippen molar-refractivity contribution in [3.05, 3.63) is 59.4 Å². The second kappa shape index (κ2) is 9.28. The minimum atomic E-state index is -0.413. The third-order valence-electron chi connectivity index (χ3n) is 4.64. The summed E-state index contributed by atoms with van der Waals surface area (Å²) in [6.07, 6.45) is 0. The van der Waals surface area contributed by atoms with E-state index < -0.39 is 5.82 Å². The van der Waals surface area contributed by atoms with Gasteiger partial charge in [0.2, 0.25) is 0 Å². The Labute approximate surface area is 159 Å². The fourth-order valence-corrected chi connectivity index (χ4v) is 2.92. The molecule has 0 aliphatic carbocycles. The second-order valence-corrected chi connectivity index (χ2v) is 6.51. The molecular formula is C21H26FN2O3+. The number of halogens is 1. The number of hydrogen-bond acceptors (Lipinski definition) is 3. The summed E-state index contributed by atoms with van der Waals surface area (Å²) < 4.78 is 18.9. The predicted molar refractivity (Wildman–Crippen MR) is 103 cm³/mol. The first-order valence-corrected chi connectivity index (χ1v) is 8.94. The van der Waals surface area contributed by atoms with Gasteiger partial charge in [-0.25, -0.2) is 4.39 Å². The lowest BCUT2D eigenvalue weighted by Gasteiger charge is -2.24. The van der Waals surface area contributed by atoms with Gasteiger partial charge in [-0.1, -0.05) is 12.1 Å². The number of anilines is 1. The number of Topliss-reactive ketones (excluding diaryl/α,β-unsaturated/α-hetero) is 1. The second-order valence-electron chi connectivity index (χ2n) is 6.51. The summed E-state index contributed by atoms with van der Waals surface area (Å²) in [6.45, 7) is 6.52. The molecule has 2 aromatic rings.